The first-order valence-corrected chi connectivity index (χ1v) is 7.56. The number of nitrogens with one attached hydrogen (secondary N) is 1. The molecule has 4 nitrogen and oxygen atoms in total. The smallest absolute Gasteiger partial charge is 0.275 e. The number of benzene rings is 1. The highest BCUT2D eigenvalue weighted by molar-refractivity contribution is 7.14. The van der Waals surface area contributed by atoms with E-state index in [1.54, 1.807) is 0 Å². The Morgan fingerprint density at radius 2 is 2.14 bits per heavy atom. The molecule has 0 saturated carbocycles. The molecule has 2 heterocycles. The molecule has 0 fully saturated rings. The Bertz CT molecular complexity index is 816. The predicted molar refractivity (Wildman–Crippen MR) is 86.5 cm³/mol. The highest BCUT2D eigenvalue weighted by Crippen LogP contribution is 2.25. The van der Waals surface area contributed by atoms with Gasteiger partial charge in [-0.15, -0.1) is 11.3 Å². The molecule has 0 aliphatic carbocycles. The van der Waals surface area contributed by atoms with E-state index in [2.05, 4.69) is 47.4 Å². The summed E-state index contributed by atoms with van der Waals surface area (Å²) in [6, 6.07) is 10.4. The van der Waals surface area contributed by atoms with Gasteiger partial charge in [0.2, 0.25) is 0 Å². The predicted octanol–water partition coefficient (Wildman–Crippen LogP) is 2.97. The van der Waals surface area contributed by atoms with Crippen LogP contribution < -0.4 is 11.3 Å². The number of aryl methyl sites for hydroxylation is 2. The third-order valence-electron chi connectivity index (χ3n) is 3.75. The summed E-state index contributed by atoms with van der Waals surface area (Å²) in [7, 11) is 0. The minimum absolute atomic E-state index is 0.234. The number of carbonyl (C=O) groups is 1. The van der Waals surface area contributed by atoms with Gasteiger partial charge in [0.05, 0.1) is 4.88 Å². The number of hydrazine groups is 1. The van der Waals surface area contributed by atoms with Gasteiger partial charge in [-0.1, -0.05) is 12.1 Å². The molecule has 0 aliphatic heterocycles. The van der Waals surface area contributed by atoms with E-state index in [1.807, 2.05) is 13.0 Å². The lowest BCUT2D eigenvalue weighted by Gasteiger charge is -2.05. The molecule has 108 valence electrons. The van der Waals surface area contributed by atoms with Crippen molar-refractivity contribution in [1.29, 1.82) is 0 Å². The third-order valence-corrected chi connectivity index (χ3v) is 4.84. The highest BCUT2D eigenvalue weighted by atomic mass is 32.1. The molecule has 3 rings (SSSR count). The highest BCUT2D eigenvalue weighted by Gasteiger charge is 2.12. The second-order valence-corrected chi connectivity index (χ2v) is 6.37. The van der Waals surface area contributed by atoms with Gasteiger partial charge in [0.1, 0.15) is 0 Å². The number of thiophene rings is 1. The van der Waals surface area contributed by atoms with Crippen molar-refractivity contribution in [3.8, 4) is 0 Å². The Kier molecular flexibility index (Phi) is 3.53. The van der Waals surface area contributed by atoms with E-state index >= 15 is 0 Å². The molecule has 0 spiro atoms. The zero-order valence-electron chi connectivity index (χ0n) is 12.0. The van der Waals surface area contributed by atoms with Crippen molar-refractivity contribution in [3.05, 3.63) is 57.4 Å². The number of aromatic nitrogens is 1. The van der Waals surface area contributed by atoms with Crippen LogP contribution >= 0.6 is 11.3 Å². The van der Waals surface area contributed by atoms with E-state index in [-0.39, 0.29) is 5.91 Å². The number of hydrogen-bond acceptors (Lipinski definition) is 3. The number of amides is 1. The molecule has 3 aromatic rings. The number of fused-ring (bicyclic) bond motifs is 1. The molecule has 0 bridgehead atoms. The van der Waals surface area contributed by atoms with Gasteiger partial charge < -0.3 is 4.57 Å². The van der Waals surface area contributed by atoms with Crippen LogP contribution in [0.2, 0.25) is 0 Å². The van der Waals surface area contributed by atoms with E-state index in [1.165, 1.54) is 27.8 Å². The fourth-order valence-corrected chi connectivity index (χ4v) is 3.50. The summed E-state index contributed by atoms with van der Waals surface area (Å²) in [4.78, 5) is 13.4. The van der Waals surface area contributed by atoms with Crippen molar-refractivity contribution in [2.24, 2.45) is 5.84 Å². The quantitative estimate of drug-likeness (QED) is 0.444. The first-order chi connectivity index (χ1) is 10.1. The number of hydrogen-bond donors (Lipinski definition) is 2. The third kappa shape index (κ3) is 2.46. The topological polar surface area (TPSA) is 60.1 Å². The van der Waals surface area contributed by atoms with Crippen LogP contribution in [0.5, 0.6) is 0 Å². The summed E-state index contributed by atoms with van der Waals surface area (Å²) in [5.74, 6) is 4.96. The molecule has 21 heavy (non-hydrogen) atoms. The lowest BCUT2D eigenvalue weighted by atomic mass is 10.1. The molecule has 5 heteroatoms. The standard InChI is InChI=1S/C16H17N3OS/c1-10-4-3-5-14-13(10)6-7-19(14)9-12-8-15(16(20)18-17)21-11(12)2/h3-8H,9,17H2,1-2H3,(H,18,20). The van der Waals surface area contributed by atoms with Crippen LogP contribution in [0.3, 0.4) is 0 Å². The Balaban J connectivity index is 1.97. The molecule has 0 aliphatic rings. The van der Waals surface area contributed by atoms with Gasteiger partial charge in [0.15, 0.2) is 0 Å². The fraction of sp³-hybridized carbons (Fsp3) is 0.188. The van der Waals surface area contributed by atoms with Gasteiger partial charge in [0.25, 0.3) is 5.91 Å². The maximum Gasteiger partial charge on any atom is 0.275 e. The van der Waals surface area contributed by atoms with E-state index in [0.29, 0.717) is 4.88 Å². The van der Waals surface area contributed by atoms with E-state index < -0.39 is 0 Å². The van der Waals surface area contributed by atoms with Crippen molar-refractivity contribution < 1.29 is 4.79 Å². The number of rotatable bonds is 3. The van der Waals surface area contributed by atoms with Crippen molar-refractivity contribution in [2.75, 3.05) is 0 Å². The molecular formula is C16H17N3OS. The van der Waals surface area contributed by atoms with Gasteiger partial charge in [-0.3, -0.25) is 10.2 Å². The zero-order chi connectivity index (χ0) is 15.0. The number of carbonyl (C=O) groups excluding carboxylic acids is 1. The summed E-state index contributed by atoms with van der Waals surface area (Å²) >= 11 is 1.47. The van der Waals surface area contributed by atoms with Gasteiger partial charge in [-0.05, 0) is 43.2 Å². The van der Waals surface area contributed by atoms with Crippen molar-refractivity contribution in [1.82, 2.24) is 9.99 Å². The van der Waals surface area contributed by atoms with Crippen molar-refractivity contribution in [2.45, 2.75) is 20.4 Å². The first-order valence-electron chi connectivity index (χ1n) is 6.75. The summed E-state index contributed by atoms with van der Waals surface area (Å²) in [6.45, 7) is 4.91. The van der Waals surface area contributed by atoms with Crippen molar-refractivity contribution in [3.63, 3.8) is 0 Å². The Labute approximate surface area is 127 Å². The summed E-state index contributed by atoms with van der Waals surface area (Å²) in [5.41, 5.74) is 5.82. The second kappa shape index (κ2) is 5.35. The van der Waals surface area contributed by atoms with Crippen molar-refractivity contribution >= 4 is 28.1 Å². The van der Waals surface area contributed by atoms with Crippen LogP contribution in [0.15, 0.2) is 36.5 Å². The van der Waals surface area contributed by atoms with Crippen LogP contribution in [0.4, 0.5) is 0 Å². The largest absolute Gasteiger partial charge is 0.343 e. The van der Waals surface area contributed by atoms with Crippen LogP contribution in [0.25, 0.3) is 10.9 Å². The molecular weight excluding hydrogens is 282 g/mol. The van der Waals surface area contributed by atoms with Crippen LogP contribution in [-0.2, 0) is 6.54 Å². The lowest BCUT2D eigenvalue weighted by molar-refractivity contribution is 0.0957. The Morgan fingerprint density at radius 3 is 2.90 bits per heavy atom. The Hall–Kier alpha value is -2.11. The maximum atomic E-state index is 11.6. The van der Waals surface area contributed by atoms with Gasteiger partial charge in [-0.25, -0.2) is 5.84 Å². The van der Waals surface area contributed by atoms with Gasteiger partial charge >= 0.3 is 0 Å². The number of nitrogens with zero attached hydrogens (tertiary/aromatic N) is 1. The molecule has 1 amide bonds. The second-order valence-electron chi connectivity index (χ2n) is 5.12. The first kappa shape index (κ1) is 13.9. The zero-order valence-corrected chi connectivity index (χ0v) is 12.8. The summed E-state index contributed by atoms with van der Waals surface area (Å²) < 4.78 is 2.21. The Morgan fingerprint density at radius 1 is 1.33 bits per heavy atom. The van der Waals surface area contributed by atoms with Gasteiger partial charge in [0, 0.05) is 28.5 Å². The molecule has 0 radical (unpaired) electrons. The average Bonchev–Trinajstić information content (AvgIpc) is 3.05. The summed E-state index contributed by atoms with van der Waals surface area (Å²) in [6.07, 6.45) is 2.09. The molecule has 0 atom stereocenters. The molecule has 2 aromatic heterocycles. The minimum Gasteiger partial charge on any atom is -0.343 e. The number of nitrogens with two attached hydrogens (primary N) is 1. The van der Waals surface area contributed by atoms with E-state index in [0.717, 1.165) is 17.0 Å². The fourth-order valence-electron chi connectivity index (χ4n) is 2.56. The van der Waals surface area contributed by atoms with Crippen LogP contribution in [0, 0.1) is 13.8 Å². The van der Waals surface area contributed by atoms with Crippen LogP contribution in [-0.4, -0.2) is 10.5 Å². The molecule has 3 N–H and O–H groups in total. The normalized spacial score (nSPS) is 11.0. The minimum atomic E-state index is -0.234. The average molecular weight is 299 g/mol. The summed E-state index contributed by atoms with van der Waals surface area (Å²) in [5, 5.41) is 1.27. The van der Waals surface area contributed by atoms with Crippen LogP contribution in [0.1, 0.15) is 25.7 Å². The molecule has 1 aromatic carbocycles. The molecule has 0 saturated heterocycles. The molecule has 0 unspecified atom stereocenters. The maximum absolute atomic E-state index is 11.6. The monoisotopic (exact) mass is 299 g/mol. The van der Waals surface area contributed by atoms with E-state index in [4.69, 9.17) is 5.84 Å². The number of nitrogen functional groups attached to an aromatic ring is 1. The van der Waals surface area contributed by atoms with Gasteiger partial charge in [-0.2, -0.15) is 0 Å². The SMILES string of the molecule is Cc1sc(C(=O)NN)cc1Cn1ccc2c(C)cccc21. The van der Waals surface area contributed by atoms with E-state index in [9.17, 15) is 4.79 Å². The lowest BCUT2D eigenvalue weighted by Crippen LogP contribution is -2.29.